The van der Waals surface area contributed by atoms with Crippen LogP contribution < -0.4 is 0 Å². The Kier molecular flexibility index (Phi) is 5.03. The van der Waals surface area contributed by atoms with Gasteiger partial charge in [0.15, 0.2) is 0 Å². The lowest BCUT2D eigenvalue weighted by Gasteiger charge is -2.26. The second-order valence-corrected chi connectivity index (χ2v) is 3.85. The Morgan fingerprint density at radius 1 is 1.59 bits per heavy atom. The van der Waals surface area contributed by atoms with E-state index in [2.05, 4.69) is 4.98 Å². The lowest BCUT2D eigenvalue weighted by molar-refractivity contribution is -0.137. The number of carboxylic acids is 1. The van der Waals surface area contributed by atoms with E-state index in [1.165, 1.54) is 12.3 Å². The fraction of sp³-hybridized carbons (Fsp3) is 0.500. The van der Waals surface area contributed by atoms with E-state index < -0.39 is 5.97 Å². The molecule has 0 spiro atoms. The van der Waals surface area contributed by atoms with Crippen LogP contribution in [0.25, 0.3) is 0 Å². The van der Waals surface area contributed by atoms with Crippen molar-refractivity contribution in [3.05, 3.63) is 29.8 Å². The van der Waals surface area contributed by atoms with Gasteiger partial charge < -0.3 is 5.11 Å². The number of aromatic nitrogens is 1. The van der Waals surface area contributed by atoms with Crippen LogP contribution in [0.15, 0.2) is 18.3 Å². The second-order valence-electron chi connectivity index (χ2n) is 3.85. The monoisotopic (exact) mass is 240 g/mol. The van der Waals surface area contributed by atoms with E-state index in [1.807, 2.05) is 18.7 Å². The summed E-state index contributed by atoms with van der Waals surface area (Å²) in [6.45, 7) is 5.09. The lowest BCUT2D eigenvalue weighted by Crippen LogP contribution is -2.29. The molecule has 17 heavy (non-hydrogen) atoms. The van der Waals surface area contributed by atoms with Crippen molar-refractivity contribution in [2.45, 2.75) is 26.3 Å². The zero-order valence-electron chi connectivity index (χ0n) is 10.1. The van der Waals surface area contributed by atoms with E-state index in [4.69, 9.17) is 5.11 Å². The maximum atomic E-state index is 12.7. The molecule has 1 aromatic rings. The fourth-order valence-corrected chi connectivity index (χ4v) is 1.69. The van der Waals surface area contributed by atoms with Crippen LogP contribution in [0.2, 0.25) is 0 Å². The van der Waals surface area contributed by atoms with Gasteiger partial charge in [-0.25, -0.2) is 4.39 Å². The minimum Gasteiger partial charge on any atom is -0.481 e. The van der Waals surface area contributed by atoms with Gasteiger partial charge in [0.25, 0.3) is 0 Å². The maximum absolute atomic E-state index is 12.7. The smallest absolute Gasteiger partial charge is 0.304 e. The molecule has 4 nitrogen and oxygen atoms in total. The maximum Gasteiger partial charge on any atom is 0.304 e. The van der Waals surface area contributed by atoms with Crippen LogP contribution in [-0.4, -0.2) is 34.0 Å². The van der Waals surface area contributed by atoms with E-state index in [0.717, 1.165) is 12.2 Å². The van der Waals surface area contributed by atoms with Gasteiger partial charge in [0, 0.05) is 12.6 Å². The summed E-state index contributed by atoms with van der Waals surface area (Å²) in [6, 6.07) is 2.98. The first-order valence-corrected chi connectivity index (χ1v) is 5.62. The van der Waals surface area contributed by atoms with E-state index in [9.17, 15) is 9.18 Å². The van der Waals surface area contributed by atoms with Crippen molar-refractivity contribution in [1.82, 2.24) is 9.88 Å². The number of hydrogen-bond donors (Lipinski definition) is 1. The highest BCUT2D eigenvalue weighted by molar-refractivity contribution is 5.66. The highest BCUT2D eigenvalue weighted by Gasteiger charge is 2.16. The van der Waals surface area contributed by atoms with Gasteiger partial charge in [-0.1, -0.05) is 6.92 Å². The molecule has 0 saturated heterocycles. The molecule has 1 heterocycles. The van der Waals surface area contributed by atoms with Crippen LogP contribution in [0.3, 0.4) is 0 Å². The number of pyridine rings is 1. The molecule has 1 aromatic heterocycles. The van der Waals surface area contributed by atoms with E-state index in [1.54, 1.807) is 6.07 Å². The molecule has 1 atom stereocenters. The Balaban J connectivity index is 2.68. The van der Waals surface area contributed by atoms with Gasteiger partial charge in [-0.2, -0.15) is 0 Å². The number of rotatable bonds is 6. The number of carboxylic acid groups (broad SMARTS) is 1. The molecule has 94 valence electrons. The third-order valence-corrected chi connectivity index (χ3v) is 2.75. The van der Waals surface area contributed by atoms with Gasteiger partial charge in [-0.05, 0) is 25.6 Å². The Labute approximate surface area is 100 Å². The molecular formula is C12H17FN2O2. The predicted molar refractivity (Wildman–Crippen MR) is 62.1 cm³/mol. The third-order valence-electron chi connectivity index (χ3n) is 2.75. The van der Waals surface area contributed by atoms with Crippen molar-refractivity contribution in [3.8, 4) is 0 Å². The number of nitrogens with zero attached hydrogens (tertiary/aromatic N) is 2. The van der Waals surface area contributed by atoms with Crippen LogP contribution in [0.4, 0.5) is 4.39 Å². The normalized spacial score (nSPS) is 12.7. The zero-order chi connectivity index (χ0) is 12.8. The first-order chi connectivity index (χ1) is 8.04. The Morgan fingerprint density at radius 2 is 2.29 bits per heavy atom. The average molecular weight is 240 g/mol. The quantitative estimate of drug-likeness (QED) is 0.827. The van der Waals surface area contributed by atoms with Crippen molar-refractivity contribution >= 4 is 5.97 Å². The van der Waals surface area contributed by atoms with E-state index in [-0.39, 0.29) is 18.3 Å². The van der Waals surface area contributed by atoms with Gasteiger partial charge in [0.05, 0.1) is 18.3 Å². The standard InChI is InChI=1S/C12H17FN2O2/c1-3-15(7-6-12(16)17)9(2)11-5-4-10(13)8-14-11/h4-5,8-9H,3,6-7H2,1-2H3,(H,16,17). The molecular weight excluding hydrogens is 223 g/mol. The first-order valence-electron chi connectivity index (χ1n) is 5.62. The molecule has 5 heteroatoms. The van der Waals surface area contributed by atoms with Crippen molar-refractivity contribution in [2.75, 3.05) is 13.1 Å². The predicted octanol–water partition coefficient (Wildman–Crippen LogP) is 2.08. The molecule has 0 aliphatic carbocycles. The summed E-state index contributed by atoms with van der Waals surface area (Å²) in [5.41, 5.74) is 0.749. The summed E-state index contributed by atoms with van der Waals surface area (Å²) < 4.78 is 12.7. The van der Waals surface area contributed by atoms with Crippen LogP contribution in [0.5, 0.6) is 0 Å². The molecule has 0 amide bonds. The van der Waals surface area contributed by atoms with Gasteiger partial charge in [0.2, 0.25) is 0 Å². The SMILES string of the molecule is CCN(CCC(=O)O)C(C)c1ccc(F)cn1. The van der Waals surface area contributed by atoms with Crippen molar-refractivity contribution in [3.63, 3.8) is 0 Å². The molecule has 0 aliphatic rings. The number of aliphatic carboxylic acids is 1. The highest BCUT2D eigenvalue weighted by atomic mass is 19.1. The number of hydrogen-bond acceptors (Lipinski definition) is 3. The first kappa shape index (κ1) is 13.6. The fourth-order valence-electron chi connectivity index (χ4n) is 1.69. The third kappa shape index (κ3) is 4.11. The zero-order valence-corrected chi connectivity index (χ0v) is 10.1. The summed E-state index contributed by atoms with van der Waals surface area (Å²) in [5.74, 6) is -1.18. The largest absolute Gasteiger partial charge is 0.481 e. The molecule has 0 fully saturated rings. The number of carbonyl (C=O) groups is 1. The molecule has 0 radical (unpaired) electrons. The summed E-state index contributed by atoms with van der Waals surface area (Å²) in [4.78, 5) is 16.5. The average Bonchev–Trinajstić information content (AvgIpc) is 2.30. The van der Waals surface area contributed by atoms with Gasteiger partial charge in [-0.15, -0.1) is 0 Å². The van der Waals surface area contributed by atoms with Crippen molar-refractivity contribution in [1.29, 1.82) is 0 Å². The van der Waals surface area contributed by atoms with Gasteiger partial charge in [0.1, 0.15) is 5.82 Å². The molecule has 0 aliphatic heterocycles. The minimum absolute atomic E-state index is 0.0139. The van der Waals surface area contributed by atoms with Gasteiger partial charge >= 0.3 is 5.97 Å². The van der Waals surface area contributed by atoms with E-state index >= 15 is 0 Å². The van der Waals surface area contributed by atoms with E-state index in [0.29, 0.717) is 6.54 Å². The molecule has 1 unspecified atom stereocenters. The molecule has 1 N–H and O–H groups in total. The topological polar surface area (TPSA) is 53.4 Å². The van der Waals surface area contributed by atoms with Crippen molar-refractivity contribution in [2.24, 2.45) is 0 Å². The summed E-state index contributed by atoms with van der Waals surface area (Å²) in [7, 11) is 0. The lowest BCUT2D eigenvalue weighted by atomic mass is 10.1. The summed E-state index contributed by atoms with van der Waals surface area (Å²) in [5, 5.41) is 8.65. The Bertz CT molecular complexity index is 367. The van der Waals surface area contributed by atoms with Crippen LogP contribution in [0, 0.1) is 5.82 Å². The molecule has 0 aromatic carbocycles. The number of halogens is 1. The summed E-state index contributed by atoms with van der Waals surface area (Å²) >= 11 is 0. The Morgan fingerprint density at radius 3 is 2.76 bits per heavy atom. The second kappa shape index (κ2) is 6.30. The highest BCUT2D eigenvalue weighted by Crippen LogP contribution is 2.18. The molecule has 0 saturated carbocycles. The Hall–Kier alpha value is -1.49. The van der Waals surface area contributed by atoms with Crippen molar-refractivity contribution < 1.29 is 14.3 Å². The molecule has 0 bridgehead atoms. The molecule has 1 rings (SSSR count). The minimum atomic E-state index is -0.817. The van der Waals surface area contributed by atoms with Crippen LogP contribution in [-0.2, 0) is 4.79 Å². The van der Waals surface area contributed by atoms with Crippen LogP contribution >= 0.6 is 0 Å². The van der Waals surface area contributed by atoms with Crippen LogP contribution in [0.1, 0.15) is 32.0 Å². The van der Waals surface area contributed by atoms with Gasteiger partial charge in [-0.3, -0.25) is 14.7 Å². The summed E-state index contributed by atoms with van der Waals surface area (Å²) in [6.07, 6.45) is 1.27.